The highest BCUT2D eigenvalue weighted by Gasteiger charge is 2.19. The van der Waals surface area contributed by atoms with Crippen molar-refractivity contribution in [2.24, 2.45) is 11.8 Å². The highest BCUT2D eigenvalue weighted by atomic mass is 14.2. The first-order valence-corrected chi connectivity index (χ1v) is 5.68. The molecule has 2 heteroatoms. The fourth-order valence-electron chi connectivity index (χ4n) is 2.11. The molecule has 72 valence electrons. The van der Waals surface area contributed by atoms with E-state index in [0.29, 0.717) is 5.92 Å². The van der Waals surface area contributed by atoms with Gasteiger partial charge in [0.05, 0.1) is 15.7 Å². The van der Waals surface area contributed by atoms with E-state index in [2.05, 4.69) is 20.8 Å². The number of hydrogen-bond acceptors (Lipinski definition) is 0. The van der Waals surface area contributed by atoms with Crippen molar-refractivity contribution in [3.05, 3.63) is 0 Å². The van der Waals surface area contributed by atoms with E-state index < -0.39 is 0 Å². The maximum Gasteiger partial charge on any atom is 0.0579 e. The molecular weight excluding hydrogens is 154 g/mol. The zero-order chi connectivity index (χ0) is 10.3. The fourth-order valence-corrected chi connectivity index (χ4v) is 2.11. The Kier molecular flexibility index (Phi) is 7.60. The molecule has 13 heavy (non-hydrogen) atoms. The van der Waals surface area contributed by atoms with Crippen molar-refractivity contribution in [3.8, 4) is 0 Å². The van der Waals surface area contributed by atoms with Gasteiger partial charge >= 0.3 is 0 Å². The normalized spacial score (nSPS) is 16.0. The van der Waals surface area contributed by atoms with E-state index in [0.717, 1.165) is 12.3 Å². The van der Waals surface area contributed by atoms with Gasteiger partial charge in [0.15, 0.2) is 0 Å². The quantitative estimate of drug-likeness (QED) is 0.522. The summed E-state index contributed by atoms with van der Waals surface area (Å²) >= 11 is 0. The highest BCUT2D eigenvalue weighted by Crippen LogP contribution is 2.30. The van der Waals surface area contributed by atoms with Gasteiger partial charge in [-0.05, 0) is 5.92 Å². The minimum Gasteiger partial charge on any atom is -0.107 e. The first kappa shape index (κ1) is 13.1. The minimum atomic E-state index is -0.133. The predicted molar refractivity (Wildman–Crippen MR) is 62.3 cm³/mol. The van der Waals surface area contributed by atoms with Crippen molar-refractivity contribution in [3.63, 3.8) is 0 Å². The first-order valence-electron chi connectivity index (χ1n) is 5.68. The van der Waals surface area contributed by atoms with Gasteiger partial charge in [-0.25, -0.2) is 0 Å². The Morgan fingerprint density at radius 2 is 1.62 bits per heavy atom. The smallest absolute Gasteiger partial charge is 0.0579 e. The van der Waals surface area contributed by atoms with Crippen molar-refractivity contribution in [2.75, 3.05) is 0 Å². The summed E-state index contributed by atoms with van der Waals surface area (Å²) in [7, 11) is 11.5. The maximum absolute atomic E-state index is 5.77. The summed E-state index contributed by atoms with van der Waals surface area (Å²) in [6, 6.07) is 0. The number of unbranched alkanes of at least 4 members (excludes halogenated alkanes) is 1. The second-order valence-electron chi connectivity index (χ2n) is 3.96. The molecule has 0 N–H and O–H groups in total. The molecule has 0 spiro atoms. The summed E-state index contributed by atoms with van der Waals surface area (Å²) in [6.45, 7) is 6.66. The van der Waals surface area contributed by atoms with Gasteiger partial charge in [-0.1, -0.05) is 58.8 Å². The predicted octanol–water partition coefficient (Wildman–Crippen LogP) is 3.31. The monoisotopic (exact) mass is 176 g/mol. The summed E-state index contributed by atoms with van der Waals surface area (Å²) in [6.07, 6.45) is 6.19. The van der Waals surface area contributed by atoms with Crippen LogP contribution in [0.1, 0.15) is 52.9 Å². The van der Waals surface area contributed by atoms with Crippen molar-refractivity contribution >= 4 is 15.7 Å². The van der Waals surface area contributed by atoms with Crippen LogP contribution >= 0.6 is 0 Å². The molecule has 0 heterocycles. The molecule has 0 aliphatic heterocycles. The van der Waals surface area contributed by atoms with Crippen LogP contribution in [0, 0.1) is 11.8 Å². The Balaban J connectivity index is 4.00. The van der Waals surface area contributed by atoms with Crippen LogP contribution in [0.2, 0.25) is 5.72 Å². The van der Waals surface area contributed by atoms with E-state index in [9.17, 15) is 0 Å². The van der Waals surface area contributed by atoms with Crippen LogP contribution in [-0.2, 0) is 0 Å². The van der Waals surface area contributed by atoms with Crippen LogP contribution in [0.4, 0.5) is 0 Å². The Morgan fingerprint density at radius 1 is 1.00 bits per heavy atom. The fraction of sp³-hybridized carbons (Fsp3) is 1.00. The van der Waals surface area contributed by atoms with Crippen LogP contribution in [0.15, 0.2) is 0 Å². The molecule has 0 aromatic carbocycles. The third-order valence-electron chi connectivity index (χ3n) is 3.02. The molecule has 0 nitrogen and oxygen atoms in total. The molecule has 0 amide bonds. The summed E-state index contributed by atoms with van der Waals surface area (Å²) in [4.78, 5) is 0. The van der Waals surface area contributed by atoms with Gasteiger partial charge in [0.2, 0.25) is 0 Å². The molecule has 2 atom stereocenters. The highest BCUT2D eigenvalue weighted by molar-refractivity contribution is 6.35. The molecule has 0 aliphatic carbocycles. The largest absolute Gasteiger partial charge is 0.107 e. The van der Waals surface area contributed by atoms with Gasteiger partial charge in [-0.15, -0.1) is 5.72 Å². The van der Waals surface area contributed by atoms with Gasteiger partial charge in [-0.2, -0.15) is 0 Å². The van der Waals surface area contributed by atoms with E-state index in [-0.39, 0.29) is 5.72 Å². The third-order valence-corrected chi connectivity index (χ3v) is 3.02. The number of rotatable bonds is 7. The summed E-state index contributed by atoms with van der Waals surface area (Å²) in [5, 5.41) is 0. The van der Waals surface area contributed by atoms with E-state index in [1.165, 1.54) is 25.7 Å². The molecule has 0 saturated carbocycles. The van der Waals surface area contributed by atoms with Crippen LogP contribution < -0.4 is 0 Å². The molecule has 0 rings (SSSR count). The van der Waals surface area contributed by atoms with Gasteiger partial charge < -0.3 is 0 Å². The van der Waals surface area contributed by atoms with E-state index in [1.54, 1.807) is 0 Å². The molecule has 0 fully saturated rings. The van der Waals surface area contributed by atoms with Crippen molar-refractivity contribution in [1.82, 2.24) is 0 Å². The zero-order valence-electron chi connectivity index (χ0n) is 9.42. The minimum absolute atomic E-state index is 0.133. The molecule has 4 radical (unpaired) electrons. The molecule has 0 saturated heterocycles. The SMILES string of the molecule is [B]C([B])C(CC)C(CC)CCCC. The average Bonchev–Trinajstić information content (AvgIpc) is 2.11. The van der Waals surface area contributed by atoms with Gasteiger partial charge in [0, 0.05) is 0 Å². The lowest BCUT2D eigenvalue weighted by Gasteiger charge is -2.29. The Bertz CT molecular complexity index is 113. The molecule has 0 aromatic heterocycles. The molecule has 0 bridgehead atoms. The van der Waals surface area contributed by atoms with Crippen LogP contribution in [0.3, 0.4) is 0 Å². The standard InChI is InChI=1S/C11H22B2/c1-4-7-8-9(5-2)10(6-3)11(12)13/h9-11H,4-8H2,1-3H3. The Hall–Kier alpha value is 0.130. The first-order chi connectivity index (χ1) is 6.17. The van der Waals surface area contributed by atoms with Crippen LogP contribution in [-0.4, -0.2) is 15.7 Å². The summed E-state index contributed by atoms with van der Waals surface area (Å²) in [5.41, 5.74) is -0.133. The van der Waals surface area contributed by atoms with Crippen LogP contribution in [0.25, 0.3) is 0 Å². The van der Waals surface area contributed by atoms with E-state index in [4.69, 9.17) is 15.7 Å². The van der Waals surface area contributed by atoms with Gasteiger partial charge in [0.1, 0.15) is 0 Å². The average molecular weight is 176 g/mol. The second-order valence-corrected chi connectivity index (χ2v) is 3.96. The number of hydrogen-bond donors (Lipinski definition) is 0. The van der Waals surface area contributed by atoms with Crippen molar-refractivity contribution in [1.29, 1.82) is 0 Å². The van der Waals surface area contributed by atoms with Crippen LogP contribution in [0.5, 0.6) is 0 Å². The molecule has 0 aliphatic rings. The topological polar surface area (TPSA) is 0 Å². The Morgan fingerprint density at radius 3 is 1.92 bits per heavy atom. The third kappa shape index (κ3) is 4.78. The Labute approximate surface area is 86.7 Å². The van der Waals surface area contributed by atoms with Gasteiger partial charge in [0.25, 0.3) is 0 Å². The van der Waals surface area contributed by atoms with Gasteiger partial charge in [-0.3, -0.25) is 0 Å². The molecule has 2 unspecified atom stereocenters. The molecular formula is C11H22B2. The zero-order valence-corrected chi connectivity index (χ0v) is 9.42. The lowest BCUT2D eigenvalue weighted by Crippen LogP contribution is -2.19. The summed E-state index contributed by atoms with van der Waals surface area (Å²) < 4.78 is 0. The lowest BCUT2D eigenvalue weighted by atomic mass is 9.58. The summed E-state index contributed by atoms with van der Waals surface area (Å²) in [5.74, 6) is 1.24. The van der Waals surface area contributed by atoms with E-state index >= 15 is 0 Å². The van der Waals surface area contributed by atoms with Crippen molar-refractivity contribution < 1.29 is 0 Å². The lowest BCUT2D eigenvalue weighted by molar-refractivity contribution is 0.300. The second kappa shape index (κ2) is 7.53. The van der Waals surface area contributed by atoms with E-state index in [1.807, 2.05) is 0 Å². The molecule has 0 aromatic rings. The maximum atomic E-state index is 5.77. The van der Waals surface area contributed by atoms with Crippen molar-refractivity contribution in [2.45, 2.75) is 58.6 Å².